The lowest BCUT2D eigenvalue weighted by molar-refractivity contribution is 0.0761. The first-order valence-electron chi connectivity index (χ1n) is 11.1. The minimum absolute atomic E-state index is 0.0974. The number of nitrogens with one attached hydrogen (secondary N) is 1. The third kappa shape index (κ3) is 6.41. The molecule has 1 amide bonds. The highest BCUT2D eigenvalue weighted by atomic mass is 16.5. The van der Waals surface area contributed by atoms with Crippen LogP contribution in [-0.2, 0) is 11.2 Å². The Morgan fingerprint density at radius 1 is 1.00 bits per heavy atom. The van der Waals surface area contributed by atoms with Gasteiger partial charge in [-0.1, -0.05) is 26.0 Å². The second-order valence-corrected chi connectivity index (χ2v) is 8.21. The Morgan fingerprint density at radius 2 is 1.75 bits per heavy atom. The molecule has 0 aliphatic rings. The molecule has 0 saturated heterocycles. The van der Waals surface area contributed by atoms with Gasteiger partial charge in [0.15, 0.2) is 0 Å². The normalized spacial score (nSPS) is 11.9. The molecule has 32 heavy (non-hydrogen) atoms. The van der Waals surface area contributed by atoms with Gasteiger partial charge in [0.1, 0.15) is 11.5 Å². The fourth-order valence-electron chi connectivity index (χ4n) is 3.48. The van der Waals surface area contributed by atoms with Gasteiger partial charge in [0, 0.05) is 24.4 Å². The molecule has 168 valence electrons. The fraction of sp³-hybridized carbons (Fsp3) is 0.333. The van der Waals surface area contributed by atoms with E-state index in [0.717, 1.165) is 23.6 Å². The minimum atomic E-state index is -0.183. The number of hydrogen-bond acceptors (Lipinski definition) is 4. The lowest BCUT2D eigenvalue weighted by Crippen LogP contribution is -2.16. The first-order valence-corrected chi connectivity index (χ1v) is 11.1. The van der Waals surface area contributed by atoms with Gasteiger partial charge in [-0.15, -0.1) is 0 Å². The van der Waals surface area contributed by atoms with E-state index in [-0.39, 0.29) is 12.0 Å². The molecular formula is C27H32N2O3. The molecule has 1 aromatic heterocycles. The highest BCUT2D eigenvalue weighted by Gasteiger charge is 2.13. The second kappa shape index (κ2) is 10.9. The van der Waals surface area contributed by atoms with Crippen LogP contribution in [0.5, 0.6) is 11.5 Å². The van der Waals surface area contributed by atoms with Crippen LogP contribution in [0.25, 0.3) is 0 Å². The Balaban J connectivity index is 1.62. The summed E-state index contributed by atoms with van der Waals surface area (Å²) in [6.45, 7) is 10.8. The van der Waals surface area contributed by atoms with E-state index in [4.69, 9.17) is 9.47 Å². The number of carbonyl (C=O) groups is 1. The standard InChI is InChI=1S/C27H32N2O3/c1-6-31-19(4)16-23-12-15-26(20(5)28-23)27(30)29-22-10-13-24(14-11-22)32-25-9-7-8-21(17-25)18(2)3/h7-15,17-19H,6,16H2,1-5H3,(H,29,30). The molecule has 1 atom stereocenters. The highest BCUT2D eigenvalue weighted by molar-refractivity contribution is 6.05. The van der Waals surface area contributed by atoms with Crippen molar-refractivity contribution in [3.63, 3.8) is 0 Å². The quantitative estimate of drug-likeness (QED) is 0.418. The third-order valence-electron chi connectivity index (χ3n) is 5.21. The molecule has 1 unspecified atom stereocenters. The number of carbonyl (C=O) groups excluding carboxylic acids is 1. The number of anilines is 1. The minimum Gasteiger partial charge on any atom is -0.457 e. The van der Waals surface area contributed by atoms with Crippen LogP contribution in [0.15, 0.2) is 60.7 Å². The van der Waals surface area contributed by atoms with Gasteiger partial charge in [0.25, 0.3) is 5.91 Å². The van der Waals surface area contributed by atoms with Crippen molar-refractivity contribution in [1.82, 2.24) is 4.98 Å². The van der Waals surface area contributed by atoms with E-state index >= 15 is 0 Å². The Bertz CT molecular complexity index is 1050. The van der Waals surface area contributed by atoms with Crippen molar-refractivity contribution in [1.29, 1.82) is 0 Å². The molecule has 0 spiro atoms. The van der Waals surface area contributed by atoms with Gasteiger partial charge in [-0.3, -0.25) is 9.78 Å². The SMILES string of the molecule is CCOC(C)Cc1ccc(C(=O)Nc2ccc(Oc3cccc(C(C)C)c3)cc2)c(C)n1. The average Bonchev–Trinajstić information content (AvgIpc) is 2.75. The van der Waals surface area contributed by atoms with Crippen LogP contribution in [0.2, 0.25) is 0 Å². The molecule has 5 heteroatoms. The zero-order valence-electron chi connectivity index (χ0n) is 19.5. The van der Waals surface area contributed by atoms with Gasteiger partial charge in [-0.2, -0.15) is 0 Å². The van der Waals surface area contributed by atoms with Crippen molar-refractivity contribution >= 4 is 11.6 Å². The maximum Gasteiger partial charge on any atom is 0.257 e. The van der Waals surface area contributed by atoms with Crippen LogP contribution < -0.4 is 10.1 Å². The molecule has 5 nitrogen and oxygen atoms in total. The predicted molar refractivity (Wildman–Crippen MR) is 129 cm³/mol. The Hall–Kier alpha value is -3.18. The zero-order valence-corrected chi connectivity index (χ0v) is 19.5. The molecular weight excluding hydrogens is 400 g/mol. The predicted octanol–water partition coefficient (Wildman–Crippen LogP) is 6.53. The maximum atomic E-state index is 12.7. The van der Waals surface area contributed by atoms with E-state index in [1.807, 2.05) is 69.3 Å². The molecule has 0 fully saturated rings. The summed E-state index contributed by atoms with van der Waals surface area (Å²) in [5.74, 6) is 1.77. The van der Waals surface area contributed by atoms with Crippen molar-refractivity contribution in [2.75, 3.05) is 11.9 Å². The van der Waals surface area contributed by atoms with E-state index in [2.05, 4.69) is 36.3 Å². The third-order valence-corrected chi connectivity index (χ3v) is 5.21. The average molecular weight is 433 g/mol. The summed E-state index contributed by atoms with van der Waals surface area (Å²) in [7, 11) is 0. The Kier molecular flexibility index (Phi) is 8.01. The number of rotatable bonds is 9. The molecule has 0 radical (unpaired) electrons. The number of hydrogen-bond donors (Lipinski definition) is 1. The van der Waals surface area contributed by atoms with Crippen LogP contribution in [-0.4, -0.2) is 23.6 Å². The molecule has 2 aromatic carbocycles. The highest BCUT2D eigenvalue weighted by Crippen LogP contribution is 2.26. The number of ether oxygens (including phenoxy) is 2. The molecule has 0 aliphatic carbocycles. The molecule has 1 N–H and O–H groups in total. The van der Waals surface area contributed by atoms with E-state index in [9.17, 15) is 4.79 Å². The molecule has 0 aliphatic heterocycles. The van der Waals surface area contributed by atoms with Gasteiger partial charge in [0.2, 0.25) is 0 Å². The van der Waals surface area contributed by atoms with Crippen molar-refractivity contribution in [2.24, 2.45) is 0 Å². The summed E-state index contributed by atoms with van der Waals surface area (Å²) in [5.41, 5.74) is 4.11. The van der Waals surface area contributed by atoms with E-state index in [1.165, 1.54) is 5.56 Å². The van der Waals surface area contributed by atoms with Crippen LogP contribution in [0.4, 0.5) is 5.69 Å². The summed E-state index contributed by atoms with van der Waals surface area (Å²) in [4.78, 5) is 17.3. The van der Waals surface area contributed by atoms with Crippen LogP contribution in [0.1, 0.15) is 60.9 Å². The Morgan fingerprint density at radius 3 is 2.41 bits per heavy atom. The molecule has 3 aromatic rings. The number of amides is 1. The van der Waals surface area contributed by atoms with E-state index in [0.29, 0.717) is 29.5 Å². The largest absolute Gasteiger partial charge is 0.457 e. The summed E-state index contributed by atoms with van der Waals surface area (Å²) < 4.78 is 11.5. The van der Waals surface area contributed by atoms with E-state index in [1.54, 1.807) is 0 Å². The van der Waals surface area contributed by atoms with Crippen LogP contribution in [0.3, 0.4) is 0 Å². The maximum absolute atomic E-state index is 12.7. The number of aryl methyl sites for hydroxylation is 1. The molecule has 0 saturated carbocycles. The second-order valence-electron chi connectivity index (χ2n) is 8.21. The number of nitrogens with zero attached hydrogens (tertiary/aromatic N) is 1. The molecule has 3 rings (SSSR count). The van der Waals surface area contributed by atoms with Gasteiger partial charge >= 0.3 is 0 Å². The number of aromatic nitrogens is 1. The zero-order chi connectivity index (χ0) is 23.1. The van der Waals surface area contributed by atoms with Crippen molar-refractivity contribution < 1.29 is 14.3 Å². The van der Waals surface area contributed by atoms with Gasteiger partial charge < -0.3 is 14.8 Å². The topological polar surface area (TPSA) is 60.5 Å². The summed E-state index contributed by atoms with van der Waals surface area (Å²) in [6, 6.07) is 19.2. The van der Waals surface area contributed by atoms with Gasteiger partial charge in [-0.05, 0) is 80.8 Å². The van der Waals surface area contributed by atoms with Gasteiger partial charge in [0.05, 0.1) is 17.4 Å². The molecule has 1 heterocycles. The molecule has 0 bridgehead atoms. The van der Waals surface area contributed by atoms with Crippen molar-refractivity contribution in [3.8, 4) is 11.5 Å². The fourth-order valence-corrected chi connectivity index (χ4v) is 3.48. The Labute approximate surface area is 190 Å². The summed E-state index contributed by atoms with van der Waals surface area (Å²) >= 11 is 0. The summed E-state index contributed by atoms with van der Waals surface area (Å²) in [5, 5.41) is 2.94. The van der Waals surface area contributed by atoms with Crippen LogP contribution >= 0.6 is 0 Å². The smallest absolute Gasteiger partial charge is 0.257 e. The number of pyridine rings is 1. The van der Waals surface area contributed by atoms with Crippen LogP contribution in [0, 0.1) is 6.92 Å². The number of benzene rings is 2. The first kappa shape index (κ1) is 23.5. The monoisotopic (exact) mass is 432 g/mol. The van der Waals surface area contributed by atoms with Gasteiger partial charge in [-0.25, -0.2) is 0 Å². The van der Waals surface area contributed by atoms with Crippen molar-refractivity contribution in [2.45, 2.75) is 53.1 Å². The lowest BCUT2D eigenvalue weighted by Gasteiger charge is -2.13. The lowest BCUT2D eigenvalue weighted by atomic mass is 10.0. The van der Waals surface area contributed by atoms with E-state index < -0.39 is 0 Å². The first-order chi connectivity index (χ1) is 15.4. The van der Waals surface area contributed by atoms with Crippen molar-refractivity contribution in [3.05, 3.63) is 83.2 Å². The summed E-state index contributed by atoms with van der Waals surface area (Å²) in [6.07, 6.45) is 0.818.